The number of nitrogens with zero attached hydrogens (tertiary/aromatic N) is 5. The van der Waals surface area contributed by atoms with Crippen LogP contribution < -0.4 is 5.32 Å². The van der Waals surface area contributed by atoms with E-state index in [9.17, 15) is 10.1 Å². The third kappa shape index (κ3) is 2.72. The van der Waals surface area contributed by atoms with Crippen molar-refractivity contribution >= 4 is 17.2 Å². The van der Waals surface area contributed by atoms with Crippen LogP contribution in [0.15, 0.2) is 24.5 Å². The van der Waals surface area contributed by atoms with Crippen molar-refractivity contribution in [2.45, 2.75) is 19.9 Å². The summed E-state index contributed by atoms with van der Waals surface area (Å²) < 4.78 is 1.76. The lowest BCUT2D eigenvalue weighted by molar-refractivity contribution is -0.385. The zero-order chi connectivity index (χ0) is 14.7. The van der Waals surface area contributed by atoms with E-state index >= 15 is 0 Å². The Bertz CT molecular complexity index is 685. The second-order valence-electron chi connectivity index (χ2n) is 4.36. The molecule has 8 nitrogen and oxygen atoms in total. The number of anilines is 2. The molecule has 0 aliphatic rings. The predicted molar refractivity (Wildman–Crippen MR) is 71.5 cm³/mol. The Balaban J connectivity index is 2.25. The van der Waals surface area contributed by atoms with E-state index in [0.29, 0.717) is 11.5 Å². The number of pyridine rings is 1. The Hall–Kier alpha value is -2.95. The maximum Gasteiger partial charge on any atom is 0.305 e. The molecule has 20 heavy (non-hydrogen) atoms. The van der Waals surface area contributed by atoms with Crippen molar-refractivity contribution < 1.29 is 4.92 Å². The molecule has 0 atom stereocenters. The van der Waals surface area contributed by atoms with E-state index in [-0.39, 0.29) is 17.4 Å². The van der Waals surface area contributed by atoms with Gasteiger partial charge in [-0.2, -0.15) is 10.4 Å². The second kappa shape index (κ2) is 5.36. The summed E-state index contributed by atoms with van der Waals surface area (Å²) in [4.78, 5) is 14.0. The summed E-state index contributed by atoms with van der Waals surface area (Å²) in [5, 5.41) is 26.7. The van der Waals surface area contributed by atoms with E-state index < -0.39 is 4.92 Å². The molecule has 0 bridgehead atoms. The fourth-order valence-corrected chi connectivity index (χ4v) is 1.58. The number of nitrogens with one attached hydrogen (secondary N) is 1. The highest BCUT2D eigenvalue weighted by molar-refractivity contribution is 5.58. The summed E-state index contributed by atoms with van der Waals surface area (Å²) in [5.74, 6) is 0.357. The summed E-state index contributed by atoms with van der Waals surface area (Å²) in [6.07, 6.45) is 3.41. The first-order valence-electron chi connectivity index (χ1n) is 5.88. The first kappa shape index (κ1) is 13.5. The van der Waals surface area contributed by atoms with Gasteiger partial charge >= 0.3 is 5.69 Å². The molecule has 1 N–H and O–H groups in total. The minimum atomic E-state index is -0.633. The van der Waals surface area contributed by atoms with Crippen LogP contribution in [0.5, 0.6) is 0 Å². The molecule has 0 fully saturated rings. The van der Waals surface area contributed by atoms with E-state index in [1.165, 1.54) is 12.1 Å². The summed E-state index contributed by atoms with van der Waals surface area (Å²) in [5.41, 5.74) is 0.163. The summed E-state index contributed by atoms with van der Waals surface area (Å²) in [7, 11) is 0. The zero-order valence-electron chi connectivity index (χ0n) is 10.9. The van der Waals surface area contributed by atoms with Gasteiger partial charge in [-0.1, -0.05) is 0 Å². The van der Waals surface area contributed by atoms with Crippen LogP contribution in [0.1, 0.15) is 25.6 Å². The average molecular weight is 272 g/mol. The number of hydrogen-bond acceptors (Lipinski definition) is 6. The third-order valence-corrected chi connectivity index (χ3v) is 2.58. The van der Waals surface area contributed by atoms with Crippen LogP contribution in [0.2, 0.25) is 0 Å². The van der Waals surface area contributed by atoms with Crippen molar-refractivity contribution in [2.75, 3.05) is 5.32 Å². The monoisotopic (exact) mass is 272 g/mol. The molecule has 0 radical (unpaired) electrons. The van der Waals surface area contributed by atoms with Gasteiger partial charge in [0.25, 0.3) is 0 Å². The molecule has 8 heteroatoms. The molecule has 0 spiro atoms. The highest BCUT2D eigenvalue weighted by Crippen LogP contribution is 2.21. The van der Waals surface area contributed by atoms with Gasteiger partial charge in [-0.05, 0) is 19.9 Å². The van der Waals surface area contributed by atoms with Crippen molar-refractivity contribution in [3.63, 3.8) is 0 Å². The highest BCUT2D eigenvalue weighted by Gasteiger charge is 2.15. The van der Waals surface area contributed by atoms with Crippen LogP contribution in [0.4, 0.5) is 17.2 Å². The van der Waals surface area contributed by atoms with Gasteiger partial charge in [-0.15, -0.1) is 0 Å². The van der Waals surface area contributed by atoms with E-state index in [4.69, 9.17) is 5.26 Å². The molecule has 0 aliphatic heterocycles. The van der Waals surface area contributed by atoms with Crippen molar-refractivity contribution in [3.05, 3.63) is 40.3 Å². The summed E-state index contributed by atoms with van der Waals surface area (Å²) in [6.45, 7) is 3.99. The Morgan fingerprint density at radius 2 is 2.25 bits per heavy atom. The molecular weight excluding hydrogens is 260 g/mol. The summed E-state index contributed by atoms with van der Waals surface area (Å²) >= 11 is 0. The zero-order valence-corrected chi connectivity index (χ0v) is 10.9. The standard InChI is InChI=1S/C12H12N6O2/c1-8(2)17-7-9(6-14-17)15-12-4-3-11(18(19)20)10(5-13)16-12/h3-4,6-8H,1-2H3,(H,15,16). The second-order valence-corrected chi connectivity index (χ2v) is 4.36. The Kier molecular flexibility index (Phi) is 3.61. The molecule has 2 aromatic rings. The topological polar surface area (TPSA) is 110 Å². The first-order valence-corrected chi connectivity index (χ1v) is 5.88. The number of nitriles is 1. The lowest BCUT2D eigenvalue weighted by Crippen LogP contribution is -2.00. The maximum atomic E-state index is 10.7. The van der Waals surface area contributed by atoms with E-state index in [0.717, 1.165) is 0 Å². The minimum absolute atomic E-state index is 0.226. The first-order chi connectivity index (χ1) is 9.51. The van der Waals surface area contributed by atoms with Gasteiger partial charge in [0.05, 0.1) is 16.8 Å². The van der Waals surface area contributed by atoms with Gasteiger partial charge in [-0.25, -0.2) is 4.98 Å². The van der Waals surface area contributed by atoms with Crippen LogP contribution in [0, 0.1) is 21.4 Å². The van der Waals surface area contributed by atoms with Gasteiger partial charge in [0, 0.05) is 18.3 Å². The fourth-order valence-electron chi connectivity index (χ4n) is 1.58. The summed E-state index contributed by atoms with van der Waals surface area (Å²) in [6, 6.07) is 4.64. The number of hydrogen-bond donors (Lipinski definition) is 1. The third-order valence-electron chi connectivity index (χ3n) is 2.58. The molecule has 0 saturated heterocycles. The van der Waals surface area contributed by atoms with Crippen LogP contribution in [-0.4, -0.2) is 19.7 Å². The van der Waals surface area contributed by atoms with Gasteiger partial charge in [0.2, 0.25) is 5.69 Å². The van der Waals surface area contributed by atoms with E-state index in [1.54, 1.807) is 23.1 Å². The maximum absolute atomic E-state index is 10.7. The van der Waals surface area contributed by atoms with Crippen molar-refractivity contribution in [1.29, 1.82) is 5.26 Å². The van der Waals surface area contributed by atoms with Crippen LogP contribution in [0.3, 0.4) is 0 Å². The molecule has 0 unspecified atom stereocenters. The van der Waals surface area contributed by atoms with Gasteiger partial charge < -0.3 is 5.32 Å². The molecule has 0 saturated carbocycles. The van der Waals surface area contributed by atoms with Crippen molar-refractivity contribution in [3.8, 4) is 6.07 Å². The lowest BCUT2D eigenvalue weighted by Gasteiger charge is -2.04. The molecular formula is C12H12N6O2. The lowest BCUT2D eigenvalue weighted by atomic mass is 10.3. The van der Waals surface area contributed by atoms with E-state index in [1.807, 2.05) is 13.8 Å². The largest absolute Gasteiger partial charge is 0.338 e. The quantitative estimate of drug-likeness (QED) is 0.675. The van der Waals surface area contributed by atoms with E-state index in [2.05, 4.69) is 15.4 Å². The number of aromatic nitrogens is 3. The van der Waals surface area contributed by atoms with Crippen molar-refractivity contribution in [1.82, 2.24) is 14.8 Å². The molecule has 0 amide bonds. The highest BCUT2D eigenvalue weighted by atomic mass is 16.6. The number of rotatable bonds is 4. The van der Waals surface area contributed by atoms with Gasteiger partial charge in [0.15, 0.2) is 0 Å². The SMILES string of the molecule is CC(C)n1cc(Nc2ccc([N+](=O)[O-])c(C#N)n2)cn1. The molecule has 0 aliphatic carbocycles. The smallest absolute Gasteiger partial charge is 0.305 e. The van der Waals surface area contributed by atoms with Crippen molar-refractivity contribution in [2.24, 2.45) is 0 Å². The fraction of sp³-hybridized carbons (Fsp3) is 0.250. The number of nitro groups is 1. The van der Waals surface area contributed by atoms with Gasteiger partial charge in [-0.3, -0.25) is 14.8 Å². The minimum Gasteiger partial charge on any atom is -0.338 e. The molecule has 2 rings (SSSR count). The Morgan fingerprint density at radius 1 is 1.50 bits per heavy atom. The molecule has 0 aromatic carbocycles. The normalized spacial score (nSPS) is 10.3. The Labute approximate surface area is 114 Å². The van der Waals surface area contributed by atoms with Gasteiger partial charge in [0.1, 0.15) is 11.9 Å². The molecule has 2 heterocycles. The van der Waals surface area contributed by atoms with Crippen LogP contribution in [0.25, 0.3) is 0 Å². The predicted octanol–water partition coefficient (Wildman–Crippen LogP) is 2.38. The van der Waals surface area contributed by atoms with Crippen LogP contribution in [-0.2, 0) is 0 Å². The molecule has 2 aromatic heterocycles. The molecule has 102 valence electrons. The Morgan fingerprint density at radius 3 is 2.80 bits per heavy atom. The average Bonchev–Trinajstić information content (AvgIpc) is 2.87. The van der Waals surface area contributed by atoms with Crippen LogP contribution >= 0.6 is 0 Å².